The summed E-state index contributed by atoms with van der Waals surface area (Å²) in [6.45, 7) is 0.135. The summed E-state index contributed by atoms with van der Waals surface area (Å²) in [5.74, 6) is 0. The van der Waals surface area contributed by atoms with Crippen molar-refractivity contribution in [1.82, 2.24) is 0 Å². The Morgan fingerprint density at radius 2 is 1.91 bits per heavy atom. The molecule has 0 spiro atoms. The molecule has 126 valence electrons. The highest BCUT2D eigenvalue weighted by Gasteiger charge is 2.49. The van der Waals surface area contributed by atoms with E-state index < -0.39 is 41.9 Å². The van der Waals surface area contributed by atoms with E-state index in [0.29, 0.717) is 5.56 Å². The van der Waals surface area contributed by atoms with Gasteiger partial charge in [-0.05, 0) is 12.1 Å². The maximum Gasteiger partial charge on any atom is 0.269 e. The molecule has 6 unspecified atom stereocenters. The van der Waals surface area contributed by atoms with Crippen LogP contribution in [-0.4, -0.2) is 59.6 Å². The zero-order valence-electron chi connectivity index (χ0n) is 12.3. The van der Waals surface area contributed by atoms with Crippen LogP contribution in [0, 0.1) is 10.1 Å². The van der Waals surface area contributed by atoms with Crippen molar-refractivity contribution in [2.75, 3.05) is 13.7 Å². The largest absolute Gasteiger partial charge is 0.387 e. The van der Waals surface area contributed by atoms with Gasteiger partial charge < -0.3 is 29.2 Å². The standard InChI is InChI=1S/C14H17NO8/c1-20-14-11(17)10(16)12-9(22-14)6-21-13(23-12)7-2-4-8(5-3-7)15(18)19/h2-5,9-14,16-17H,6H2,1H3. The lowest BCUT2D eigenvalue weighted by Gasteiger charge is -2.45. The zero-order chi connectivity index (χ0) is 16.6. The number of methoxy groups -OCH3 is 1. The van der Waals surface area contributed by atoms with Crippen molar-refractivity contribution in [1.29, 1.82) is 0 Å². The average Bonchev–Trinajstić information content (AvgIpc) is 2.58. The van der Waals surface area contributed by atoms with Crippen LogP contribution in [0.2, 0.25) is 0 Å². The van der Waals surface area contributed by atoms with Crippen LogP contribution >= 0.6 is 0 Å². The number of nitro groups is 1. The first kappa shape index (κ1) is 16.2. The fourth-order valence-corrected chi connectivity index (χ4v) is 2.69. The second-order valence-corrected chi connectivity index (χ2v) is 5.37. The van der Waals surface area contributed by atoms with E-state index in [1.807, 2.05) is 0 Å². The molecule has 2 fully saturated rings. The topological polar surface area (TPSA) is 121 Å². The average molecular weight is 327 g/mol. The molecule has 1 aromatic rings. The van der Waals surface area contributed by atoms with E-state index in [1.54, 1.807) is 0 Å². The molecule has 0 aliphatic carbocycles. The lowest BCUT2D eigenvalue weighted by Crippen LogP contribution is -2.62. The minimum absolute atomic E-state index is 0.0400. The van der Waals surface area contributed by atoms with E-state index in [9.17, 15) is 20.3 Å². The number of nitrogens with zero attached hydrogens (tertiary/aromatic N) is 1. The van der Waals surface area contributed by atoms with Crippen molar-refractivity contribution in [3.8, 4) is 0 Å². The first-order valence-corrected chi connectivity index (χ1v) is 7.07. The summed E-state index contributed by atoms with van der Waals surface area (Å²) in [5, 5.41) is 30.8. The molecule has 0 bridgehead atoms. The van der Waals surface area contributed by atoms with Gasteiger partial charge in [0.1, 0.15) is 24.4 Å². The van der Waals surface area contributed by atoms with Gasteiger partial charge in [-0.15, -0.1) is 0 Å². The van der Waals surface area contributed by atoms with Crippen molar-refractivity contribution in [2.24, 2.45) is 0 Å². The predicted octanol–water partition coefficient (Wildman–Crippen LogP) is 0.102. The lowest BCUT2D eigenvalue weighted by atomic mass is 9.98. The van der Waals surface area contributed by atoms with Crippen molar-refractivity contribution >= 4 is 5.69 Å². The summed E-state index contributed by atoms with van der Waals surface area (Å²) in [5.41, 5.74) is 0.534. The molecule has 0 saturated carbocycles. The van der Waals surface area contributed by atoms with E-state index in [2.05, 4.69) is 0 Å². The second kappa shape index (κ2) is 6.48. The van der Waals surface area contributed by atoms with Gasteiger partial charge in [-0.2, -0.15) is 0 Å². The fraction of sp³-hybridized carbons (Fsp3) is 0.571. The molecule has 2 heterocycles. The maximum absolute atomic E-state index is 10.7. The molecule has 9 nitrogen and oxygen atoms in total. The minimum atomic E-state index is -1.24. The van der Waals surface area contributed by atoms with Gasteiger partial charge in [-0.1, -0.05) is 0 Å². The van der Waals surface area contributed by atoms with Crippen LogP contribution in [0.15, 0.2) is 24.3 Å². The smallest absolute Gasteiger partial charge is 0.269 e. The fourth-order valence-electron chi connectivity index (χ4n) is 2.69. The normalized spacial score (nSPS) is 37.2. The van der Waals surface area contributed by atoms with Gasteiger partial charge in [0.2, 0.25) is 0 Å². The molecule has 9 heteroatoms. The van der Waals surface area contributed by atoms with Crippen molar-refractivity contribution in [3.05, 3.63) is 39.9 Å². The molecule has 1 aromatic carbocycles. The molecule has 2 N–H and O–H groups in total. The Labute approximate surface area is 131 Å². The SMILES string of the molecule is COC1OC2COC(c3ccc([N+](=O)[O-])cc3)OC2C(O)C1O. The summed E-state index contributed by atoms with van der Waals surface area (Å²) < 4.78 is 21.7. The zero-order valence-corrected chi connectivity index (χ0v) is 12.3. The first-order valence-electron chi connectivity index (χ1n) is 7.07. The molecule has 2 aliphatic heterocycles. The van der Waals surface area contributed by atoms with Gasteiger partial charge in [0.15, 0.2) is 12.6 Å². The van der Waals surface area contributed by atoms with Gasteiger partial charge in [-0.3, -0.25) is 10.1 Å². The number of fused-ring (bicyclic) bond motifs is 1. The molecular formula is C14H17NO8. The van der Waals surface area contributed by atoms with Crippen LogP contribution in [-0.2, 0) is 18.9 Å². The third-order valence-electron chi connectivity index (χ3n) is 3.94. The van der Waals surface area contributed by atoms with E-state index in [1.165, 1.54) is 31.4 Å². The third kappa shape index (κ3) is 3.07. The Kier molecular flexibility index (Phi) is 4.57. The van der Waals surface area contributed by atoms with Crippen LogP contribution in [0.4, 0.5) is 5.69 Å². The Bertz CT molecular complexity index is 562. The number of aliphatic hydroxyl groups is 2. The number of benzene rings is 1. The Morgan fingerprint density at radius 3 is 2.52 bits per heavy atom. The number of aliphatic hydroxyl groups excluding tert-OH is 2. The lowest BCUT2D eigenvalue weighted by molar-refractivity contribution is -0.385. The second-order valence-electron chi connectivity index (χ2n) is 5.37. The van der Waals surface area contributed by atoms with Crippen LogP contribution < -0.4 is 0 Å². The number of hydrogen-bond acceptors (Lipinski definition) is 8. The molecule has 0 aromatic heterocycles. The number of nitro benzene ring substituents is 1. The quantitative estimate of drug-likeness (QED) is 0.592. The van der Waals surface area contributed by atoms with Crippen molar-refractivity contribution in [2.45, 2.75) is 37.0 Å². The van der Waals surface area contributed by atoms with Crippen LogP contribution in [0.5, 0.6) is 0 Å². The Hall–Kier alpha value is -1.62. The Balaban J connectivity index is 1.73. The summed E-state index contributed by atoms with van der Waals surface area (Å²) in [4.78, 5) is 10.2. The van der Waals surface area contributed by atoms with Gasteiger partial charge in [-0.25, -0.2) is 0 Å². The van der Waals surface area contributed by atoms with Crippen LogP contribution in [0.3, 0.4) is 0 Å². The number of ether oxygens (including phenoxy) is 4. The molecule has 0 radical (unpaired) electrons. The molecular weight excluding hydrogens is 310 g/mol. The summed E-state index contributed by atoms with van der Waals surface area (Å²) in [6.07, 6.45) is -5.55. The molecule has 23 heavy (non-hydrogen) atoms. The number of rotatable bonds is 3. The summed E-state index contributed by atoms with van der Waals surface area (Å²) in [6, 6.07) is 5.73. The van der Waals surface area contributed by atoms with Crippen molar-refractivity contribution in [3.63, 3.8) is 0 Å². The van der Waals surface area contributed by atoms with E-state index in [-0.39, 0.29) is 12.3 Å². The van der Waals surface area contributed by atoms with E-state index in [4.69, 9.17) is 18.9 Å². The van der Waals surface area contributed by atoms with Crippen LogP contribution in [0.1, 0.15) is 11.9 Å². The summed E-state index contributed by atoms with van der Waals surface area (Å²) in [7, 11) is 1.37. The van der Waals surface area contributed by atoms with Crippen LogP contribution in [0.25, 0.3) is 0 Å². The van der Waals surface area contributed by atoms with E-state index in [0.717, 1.165) is 0 Å². The highest BCUT2D eigenvalue weighted by molar-refractivity contribution is 5.33. The summed E-state index contributed by atoms with van der Waals surface area (Å²) >= 11 is 0. The third-order valence-corrected chi connectivity index (χ3v) is 3.94. The Morgan fingerprint density at radius 1 is 1.22 bits per heavy atom. The molecule has 2 aliphatic rings. The molecule has 0 amide bonds. The number of non-ortho nitro benzene ring substituents is 1. The highest BCUT2D eigenvalue weighted by atomic mass is 16.7. The van der Waals surface area contributed by atoms with Gasteiger partial charge >= 0.3 is 0 Å². The predicted molar refractivity (Wildman–Crippen MR) is 74.3 cm³/mol. The molecule has 6 atom stereocenters. The van der Waals surface area contributed by atoms with Gasteiger partial charge in [0, 0.05) is 24.8 Å². The highest BCUT2D eigenvalue weighted by Crippen LogP contribution is 2.34. The molecule has 2 saturated heterocycles. The van der Waals surface area contributed by atoms with Crippen molar-refractivity contribution < 1.29 is 34.1 Å². The number of hydrogen-bond donors (Lipinski definition) is 2. The first-order chi connectivity index (χ1) is 11.0. The molecule has 3 rings (SSSR count). The maximum atomic E-state index is 10.7. The van der Waals surface area contributed by atoms with E-state index >= 15 is 0 Å². The monoisotopic (exact) mass is 327 g/mol. The van der Waals surface area contributed by atoms with Gasteiger partial charge in [0.05, 0.1) is 11.5 Å². The van der Waals surface area contributed by atoms with Gasteiger partial charge in [0.25, 0.3) is 5.69 Å². The minimum Gasteiger partial charge on any atom is -0.387 e.